The van der Waals surface area contributed by atoms with Crippen LogP contribution in [0, 0.1) is 0 Å². The van der Waals surface area contributed by atoms with Gasteiger partial charge in [0, 0.05) is 37.2 Å². The van der Waals surface area contributed by atoms with E-state index < -0.39 is 0 Å². The Labute approximate surface area is 203 Å². The number of urea groups is 1. The molecule has 0 aliphatic heterocycles. The molecule has 34 heavy (non-hydrogen) atoms. The Morgan fingerprint density at radius 2 is 1.56 bits per heavy atom. The minimum absolute atomic E-state index is 0.00480. The topological polar surface area (TPSA) is 57.6 Å². The summed E-state index contributed by atoms with van der Waals surface area (Å²) in [5.74, 6) is 0.332. The molecule has 0 aliphatic rings. The van der Waals surface area contributed by atoms with Crippen LogP contribution in [-0.4, -0.2) is 38.9 Å². The summed E-state index contributed by atoms with van der Waals surface area (Å²) in [6.45, 7) is 9.08. The first-order valence-electron chi connectivity index (χ1n) is 11.8. The van der Waals surface area contributed by atoms with Crippen molar-refractivity contribution in [2.75, 3.05) is 11.9 Å². The van der Waals surface area contributed by atoms with Crippen LogP contribution in [0.15, 0.2) is 72.9 Å². The number of hydrogen-bond acceptors (Lipinski definition) is 2. The third-order valence-corrected chi connectivity index (χ3v) is 5.99. The average Bonchev–Trinajstić information content (AvgIpc) is 3.21. The zero-order chi connectivity index (χ0) is 24.7. The molecular formula is C28H36N4O2. The number of amides is 3. The molecule has 3 rings (SSSR count). The number of hydrogen-bond donors (Lipinski definition) is 1. The molecule has 3 aromatic rings. The number of carbonyl (C=O) groups excluding carboxylic acids is 2. The van der Waals surface area contributed by atoms with Crippen molar-refractivity contribution in [3.8, 4) is 0 Å². The van der Waals surface area contributed by atoms with E-state index in [1.165, 1.54) is 5.56 Å². The van der Waals surface area contributed by atoms with Gasteiger partial charge in [-0.1, -0.05) is 56.3 Å². The SMILES string of the molecule is CC(C)c1ccc(NC(=O)N(CC(=O)N(Cc2ccccc2)Cc2cccn2C)C(C)C)cc1. The smallest absolute Gasteiger partial charge is 0.322 e. The van der Waals surface area contributed by atoms with Gasteiger partial charge in [0.05, 0.1) is 6.54 Å². The van der Waals surface area contributed by atoms with Crippen LogP contribution in [-0.2, 0) is 24.9 Å². The molecule has 0 saturated heterocycles. The van der Waals surface area contributed by atoms with E-state index in [0.717, 1.165) is 16.9 Å². The summed E-state index contributed by atoms with van der Waals surface area (Å²) in [7, 11) is 1.97. The van der Waals surface area contributed by atoms with Gasteiger partial charge in [-0.15, -0.1) is 0 Å². The van der Waals surface area contributed by atoms with E-state index in [-0.39, 0.29) is 24.5 Å². The molecule has 0 unspecified atom stereocenters. The Kier molecular flexibility index (Phi) is 8.52. The van der Waals surface area contributed by atoms with Crippen LogP contribution in [0.3, 0.4) is 0 Å². The monoisotopic (exact) mass is 460 g/mol. The lowest BCUT2D eigenvalue weighted by molar-refractivity contribution is -0.133. The summed E-state index contributed by atoms with van der Waals surface area (Å²) in [6, 6.07) is 21.4. The maximum absolute atomic E-state index is 13.5. The van der Waals surface area contributed by atoms with Gasteiger partial charge in [0.25, 0.3) is 0 Å². The predicted molar refractivity (Wildman–Crippen MR) is 138 cm³/mol. The van der Waals surface area contributed by atoms with E-state index >= 15 is 0 Å². The maximum atomic E-state index is 13.5. The largest absolute Gasteiger partial charge is 0.353 e. The van der Waals surface area contributed by atoms with Crippen molar-refractivity contribution in [2.45, 2.75) is 52.7 Å². The zero-order valence-electron chi connectivity index (χ0n) is 20.9. The number of nitrogens with zero attached hydrogens (tertiary/aromatic N) is 3. The van der Waals surface area contributed by atoms with Crippen molar-refractivity contribution in [2.24, 2.45) is 7.05 Å². The van der Waals surface area contributed by atoms with Crippen molar-refractivity contribution in [1.29, 1.82) is 0 Å². The van der Waals surface area contributed by atoms with Crippen LogP contribution in [0.25, 0.3) is 0 Å². The number of carbonyl (C=O) groups is 2. The molecule has 3 amide bonds. The Balaban J connectivity index is 1.74. The van der Waals surface area contributed by atoms with Gasteiger partial charge in [0.2, 0.25) is 5.91 Å². The third kappa shape index (κ3) is 6.73. The van der Waals surface area contributed by atoms with Crippen molar-refractivity contribution in [1.82, 2.24) is 14.4 Å². The van der Waals surface area contributed by atoms with E-state index in [1.807, 2.05) is 103 Å². The quantitative estimate of drug-likeness (QED) is 0.451. The lowest BCUT2D eigenvalue weighted by atomic mass is 10.0. The first-order valence-corrected chi connectivity index (χ1v) is 11.8. The van der Waals surface area contributed by atoms with Gasteiger partial charge >= 0.3 is 6.03 Å². The summed E-state index contributed by atoms with van der Waals surface area (Å²) in [5, 5.41) is 2.95. The highest BCUT2D eigenvalue weighted by Crippen LogP contribution is 2.18. The van der Waals surface area contributed by atoms with Crippen molar-refractivity contribution in [3.05, 3.63) is 89.7 Å². The number of benzene rings is 2. The Bertz CT molecular complexity index is 1070. The predicted octanol–water partition coefficient (Wildman–Crippen LogP) is 5.62. The Hall–Kier alpha value is -3.54. The molecule has 0 bridgehead atoms. The number of anilines is 1. The number of aryl methyl sites for hydroxylation is 1. The van der Waals surface area contributed by atoms with Gasteiger partial charge in [-0.2, -0.15) is 0 Å². The van der Waals surface area contributed by atoms with Crippen LogP contribution in [0.4, 0.5) is 10.5 Å². The fraction of sp³-hybridized carbons (Fsp3) is 0.357. The van der Waals surface area contributed by atoms with E-state index in [4.69, 9.17) is 0 Å². The minimum Gasteiger partial charge on any atom is -0.353 e. The number of aromatic nitrogens is 1. The number of rotatable bonds is 9. The maximum Gasteiger partial charge on any atom is 0.322 e. The molecule has 0 aliphatic carbocycles. The molecule has 6 nitrogen and oxygen atoms in total. The van der Waals surface area contributed by atoms with Crippen LogP contribution in [0.2, 0.25) is 0 Å². The average molecular weight is 461 g/mol. The molecule has 6 heteroatoms. The standard InChI is InChI=1S/C28H36N4O2/c1-21(2)24-13-15-25(16-14-24)29-28(34)32(22(3)4)20-27(33)31(18-23-10-7-6-8-11-23)19-26-12-9-17-30(26)5/h6-17,21-22H,18-20H2,1-5H3,(H,29,34). The summed E-state index contributed by atoms with van der Waals surface area (Å²) < 4.78 is 2.01. The van der Waals surface area contributed by atoms with Gasteiger partial charge in [0.1, 0.15) is 6.54 Å². The van der Waals surface area contributed by atoms with Gasteiger partial charge in [0.15, 0.2) is 0 Å². The molecule has 0 fully saturated rings. The first-order chi connectivity index (χ1) is 16.2. The van der Waals surface area contributed by atoms with E-state index in [2.05, 4.69) is 19.2 Å². The highest BCUT2D eigenvalue weighted by atomic mass is 16.2. The van der Waals surface area contributed by atoms with Crippen LogP contribution in [0.1, 0.15) is 50.4 Å². The summed E-state index contributed by atoms with van der Waals surface area (Å²) >= 11 is 0. The third-order valence-electron chi connectivity index (χ3n) is 5.99. The summed E-state index contributed by atoms with van der Waals surface area (Å²) in [6.07, 6.45) is 1.97. The lowest BCUT2D eigenvalue weighted by Gasteiger charge is -2.30. The molecule has 0 atom stereocenters. The normalized spacial score (nSPS) is 11.0. The fourth-order valence-electron chi connectivity index (χ4n) is 3.77. The van der Waals surface area contributed by atoms with Crippen LogP contribution >= 0.6 is 0 Å². The summed E-state index contributed by atoms with van der Waals surface area (Å²) in [4.78, 5) is 30.0. The first kappa shape index (κ1) is 25.1. The zero-order valence-corrected chi connectivity index (χ0v) is 20.9. The molecule has 2 aromatic carbocycles. The van der Waals surface area contributed by atoms with E-state index in [9.17, 15) is 9.59 Å². The van der Waals surface area contributed by atoms with E-state index in [1.54, 1.807) is 4.90 Å². The van der Waals surface area contributed by atoms with Crippen molar-refractivity contribution < 1.29 is 9.59 Å². The molecule has 180 valence electrons. The lowest BCUT2D eigenvalue weighted by Crippen LogP contribution is -2.47. The second-order valence-corrected chi connectivity index (χ2v) is 9.27. The fourth-order valence-corrected chi connectivity index (χ4v) is 3.77. The van der Waals surface area contributed by atoms with Crippen molar-refractivity contribution in [3.63, 3.8) is 0 Å². The van der Waals surface area contributed by atoms with Crippen LogP contribution in [0.5, 0.6) is 0 Å². The second kappa shape index (κ2) is 11.5. The Morgan fingerprint density at radius 1 is 0.882 bits per heavy atom. The highest BCUT2D eigenvalue weighted by Gasteiger charge is 2.24. The van der Waals surface area contributed by atoms with Gasteiger partial charge in [-0.25, -0.2) is 4.79 Å². The molecule has 1 N–H and O–H groups in total. The molecule has 1 heterocycles. The molecule has 1 aromatic heterocycles. The van der Waals surface area contributed by atoms with Crippen LogP contribution < -0.4 is 5.32 Å². The van der Waals surface area contributed by atoms with Gasteiger partial charge in [-0.05, 0) is 55.2 Å². The number of nitrogens with one attached hydrogen (secondary N) is 1. The second-order valence-electron chi connectivity index (χ2n) is 9.27. The molecule has 0 radical (unpaired) electrons. The van der Waals surface area contributed by atoms with E-state index in [0.29, 0.717) is 19.0 Å². The van der Waals surface area contributed by atoms with Gasteiger partial charge in [-0.3, -0.25) is 4.79 Å². The molecular weight excluding hydrogens is 424 g/mol. The highest BCUT2D eigenvalue weighted by molar-refractivity contribution is 5.92. The Morgan fingerprint density at radius 3 is 2.12 bits per heavy atom. The minimum atomic E-state index is -0.279. The van der Waals surface area contributed by atoms with Crippen molar-refractivity contribution >= 4 is 17.6 Å². The summed E-state index contributed by atoms with van der Waals surface area (Å²) in [5.41, 5.74) is 4.02. The molecule has 0 saturated carbocycles. The van der Waals surface area contributed by atoms with Gasteiger partial charge < -0.3 is 19.7 Å². The molecule has 0 spiro atoms.